The van der Waals surface area contributed by atoms with Gasteiger partial charge in [0.2, 0.25) is 0 Å². The monoisotopic (exact) mass is 362 g/mol. The standard InChI is InChI=1S/C20H20N6O.H2/c1-2-21-14-6-9-16-13(10-14)11-25(20(16)27)18-5-3-4-17(23-18)19-24-22-12-26(19)15-7-8-15;/h3-6,9-10,12,15,21H,2,7-8,11H2,1H3;1H. The highest BCUT2D eigenvalue weighted by Gasteiger charge is 2.31. The van der Waals surface area contributed by atoms with E-state index >= 15 is 0 Å². The Balaban J connectivity index is 0.00000192. The first kappa shape index (κ1) is 16.0. The fourth-order valence-corrected chi connectivity index (χ4v) is 3.56. The fourth-order valence-electron chi connectivity index (χ4n) is 3.56. The zero-order chi connectivity index (χ0) is 18.4. The minimum atomic E-state index is -0.0126. The lowest BCUT2D eigenvalue weighted by atomic mass is 10.1. The van der Waals surface area contributed by atoms with Crippen LogP contribution in [0.4, 0.5) is 11.5 Å². The number of benzene rings is 1. The molecular weight excluding hydrogens is 340 g/mol. The van der Waals surface area contributed by atoms with E-state index in [-0.39, 0.29) is 7.33 Å². The molecule has 1 amide bonds. The quantitative estimate of drug-likeness (QED) is 0.752. The van der Waals surface area contributed by atoms with E-state index in [2.05, 4.69) is 27.0 Å². The average molecular weight is 362 g/mol. The van der Waals surface area contributed by atoms with Gasteiger partial charge >= 0.3 is 0 Å². The Hall–Kier alpha value is -3.22. The summed E-state index contributed by atoms with van der Waals surface area (Å²) in [6, 6.07) is 12.1. The maximum absolute atomic E-state index is 12.9. The molecular formula is C20H22N6O. The second-order valence-corrected chi connectivity index (χ2v) is 6.97. The van der Waals surface area contributed by atoms with Crippen molar-refractivity contribution in [3.8, 4) is 11.5 Å². The van der Waals surface area contributed by atoms with Gasteiger partial charge in [-0.15, -0.1) is 10.2 Å². The SMILES string of the molecule is CCNc1ccc2c(c1)CN(c1cccc(-c3nncn3C3CC3)n1)C2=O.[HH]. The summed E-state index contributed by atoms with van der Waals surface area (Å²) in [7, 11) is 0. The van der Waals surface area contributed by atoms with Crippen molar-refractivity contribution < 1.29 is 6.22 Å². The summed E-state index contributed by atoms with van der Waals surface area (Å²) in [5.41, 5.74) is 3.54. The van der Waals surface area contributed by atoms with Crippen LogP contribution in [0.3, 0.4) is 0 Å². The van der Waals surface area contributed by atoms with Gasteiger partial charge in [-0.2, -0.15) is 0 Å². The van der Waals surface area contributed by atoms with Gasteiger partial charge in [-0.05, 0) is 55.7 Å². The Morgan fingerprint density at radius 3 is 2.96 bits per heavy atom. The van der Waals surface area contributed by atoms with Crippen LogP contribution in [0.15, 0.2) is 42.7 Å². The molecule has 138 valence electrons. The second kappa shape index (κ2) is 6.19. The smallest absolute Gasteiger partial charge is 0.260 e. The average Bonchev–Trinajstić information content (AvgIpc) is 3.32. The first-order valence-corrected chi connectivity index (χ1v) is 9.30. The van der Waals surface area contributed by atoms with Crippen molar-refractivity contribution in [3.63, 3.8) is 0 Å². The van der Waals surface area contributed by atoms with Gasteiger partial charge in [0.25, 0.3) is 5.91 Å². The number of pyridine rings is 1. The third kappa shape index (κ3) is 2.75. The lowest BCUT2D eigenvalue weighted by Gasteiger charge is -2.15. The van der Waals surface area contributed by atoms with Crippen LogP contribution in [0.25, 0.3) is 11.5 Å². The van der Waals surface area contributed by atoms with Crippen LogP contribution in [0.1, 0.15) is 43.2 Å². The molecule has 2 aliphatic rings. The summed E-state index contributed by atoms with van der Waals surface area (Å²) in [5.74, 6) is 1.39. The minimum Gasteiger partial charge on any atom is -0.385 e. The van der Waals surface area contributed by atoms with E-state index in [1.807, 2.05) is 36.4 Å². The lowest BCUT2D eigenvalue weighted by Crippen LogP contribution is -2.24. The van der Waals surface area contributed by atoms with Gasteiger partial charge in [-0.25, -0.2) is 4.98 Å². The number of hydrogen-bond acceptors (Lipinski definition) is 5. The molecule has 1 aliphatic carbocycles. The number of carbonyl (C=O) groups is 1. The molecule has 1 fully saturated rings. The first-order valence-electron chi connectivity index (χ1n) is 9.30. The molecule has 0 bridgehead atoms. The maximum Gasteiger partial charge on any atom is 0.260 e. The Morgan fingerprint density at radius 1 is 1.26 bits per heavy atom. The van der Waals surface area contributed by atoms with Crippen LogP contribution < -0.4 is 10.2 Å². The molecule has 27 heavy (non-hydrogen) atoms. The van der Waals surface area contributed by atoms with E-state index in [0.29, 0.717) is 18.4 Å². The molecule has 3 aromatic rings. The Bertz CT molecular complexity index is 1030. The molecule has 5 rings (SSSR count). The fraction of sp³-hybridized carbons (Fsp3) is 0.300. The zero-order valence-electron chi connectivity index (χ0n) is 15.1. The predicted molar refractivity (Wildman–Crippen MR) is 105 cm³/mol. The number of anilines is 2. The molecule has 2 aromatic heterocycles. The van der Waals surface area contributed by atoms with Gasteiger partial charge in [0.05, 0.1) is 6.54 Å². The molecule has 7 nitrogen and oxygen atoms in total. The molecule has 1 N–H and O–H groups in total. The number of hydrogen-bond donors (Lipinski definition) is 1. The van der Waals surface area contributed by atoms with E-state index in [0.717, 1.165) is 47.7 Å². The van der Waals surface area contributed by atoms with Crippen molar-refractivity contribution in [2.24, 2.45) is 0 Å². The Morgan fingerprint density at radius 2 is 2.15 bits per heavy atom. The number of rotatable bonds is 5. The molecule has 3 heterocycles. The second-order valence-electron chi connectivity index (χ2n) is 6.97. The summed E-state index contributed by atoms with van der Waals surface area (Å²) in [4.78, 5) is 19.3. The highest BCUT2D eigenvalue weighted by atomic mass is 16.2. The Kier molecular flexibility index (Phi) is 3.67. The highest BCUT2D eigenvalue weighted by Crippen LogP contribution is 2.37. The lowest BCUT2D eigenvalue weighted by molar-refractivity contribution is 0.0996. The summed E-state index contributed by atoms with van der Waals surface area (Å²) >= 11 is 0. The van der Waals surface area contributed by atoms with Gasteiger partial charge in [0.1, 0.15) is 17.8 Å². The normalized spacial score (nSPS) is 15.9. The van der Waals surface area contributed by atoms with Gasteiger partial charge in [-0.3, -0.25) is 9.69 Å². The number of fused-ring (bicyclic) bond motifs is 1. The van der Waals surface area contributed by atoms with Gasteiger partial charge in [0.15, 0.2) is 5.82 Å². The third-order valence-corrected chi connectivity index (χ3v) is 5.04. The molecule has 0 atom stereocenters. The van der Waals surface area contributed by atoms with Crippen LogP contribution in [-0.4, -0.2) is 32.2 Å². The highest BCUT2D eigenvalue weighted by molar-refractivity contribution is 6.09. The zero-order valence-corrected chi connectivity index (χ0v) is 15.1. The van der Waals surface area contributed by atoms with Crippen LogP contribution in [0.5, 0.6) is 0 Å². The number of aromatic nitrogens is 4. The van der Waals surface area contributed by atoms with Gasteiger partial charge in [0, 0.05) is 25.3 Å². The molecule has 0 spiro atoms. The van der Waals surface area contributed by atoms with Crippen molar-refractivity contribution in [2.75, 3.05) is 16.8 Å². The summed E-state index contributed by atoms with van der Waals surface area (Å²) in [6.07, 6.45) is 4.07. The maximum atomic E-state index is 12.9. The van der Waals surface area contributed by atoms with E-state index in [1.54, 1.807) is 11.2 Å². The van der Waals surface area contributed by atoms with Crippen LogP contribution in [0, 0.1) is 0 Å². The molecule has 0 radical (unpaired) electrons. The number of nitrogens with one attached hydrogen (secondary N) is 1. The van der Waals surface area contributed by atoms with Gasteiger partial charge < -0.3 is 9.88 Å². The van der Waals surface area contributed by atoms with Crippen molar-refractivity contribution in [2.45, 2.75) is 32.4 Å². The molecule has 0 unspecified atom stereocenters. The summed E-state index contributed by atoms with van der Waals surface area (Å²) in [5, 5.41) is 11.6. The number of carbonyl (C=O) groups excluding carboxylic acids is 1. The van der Waals surface area contributed by atoms with E-state index in [9.17, 15) is 4.79 Å². The number of amides is 1. The topological polar surface area (TPSA) is 75.9 Å². The first-order chi connectivity index (χ1) is 13.2. The van der Waals surface area contributed by atoms with Crippen molar-refractivity contribution in [3.05, 3.63) is 53.9 Å². The van der Waals surface area contributed by atoms with Crippen molar-refractivity contribution in [1.82, 2.24) is 19.7 Å². The molecule has 1 aromatic carbocycles. The van der Waals surface area contributed by atoms with E-state index in [4.69, 9.17) is 4.98 Å². The van der Waals surface area contributed by atoms with Crippen LogP contribution in [-0.2, 0) is 6.54 Å². The molecule has 0 saturated heterocycles. The van der Waals surface area contributed by atoms with E-state index < -0.39 is 0 Å². The van der Waals surface area contributed by atoms with Crippen LogP contribution in [0.2, 0.25) is 0 Å². The summed E-state index contributed by atoms with van der Waals surface area (Å²) in [6.45, 7) is 3.43. The van der Waals surface area contributed by atoms with Crippen molar-refractivity contribution >= 4 is 17.4 Å². The largest absolute Gasteiger partial charge is 0.385 e. The summed E-state index contributed by atoms with van der Waals surface area (Å²) < 4.78 is 2.08. The molecule has 1 saturated carbocycles. The Labute approximate surface area is 158 Å². The number of nitrogens with zero attached hydrogens (tertiary/aromatic N) is 5. The minimum absolute atomic E-state index is 0. The molecule has 7 heteroatoms. The van der Waals surface area contributed by atoms with Crippen molar-refractivity contribution in [1.29, 1.82) is 0 Å². The van der Waals surface area contributed by atoms with Crippen LogP contribution >= 0.6 is 0 Å². The third-order valence-electron chi connectivity index (χ3n) is 5.04. The van der Waals surface area contributed by atoms with Gasteiger partial charge in [-0.1, -0.05) is 6.07 Å². The molecule has 1 aliphatic heterocycles. The predicted octanol–water partition coefficient (Wildman–Crippen LogP) is 3.51. The van der Waals surface area contributed by atoms with E-state index in [1.165, 1.54) is 0 Å².